The van der Waals surface area contributed by atoms with Crippen LogP contribution in [0, 0.1) is 0 Å². The first kappa shape index (κ1) is 9.25. The second-order valence-electron chi connectivity index (χ2n) is 4.87. The van der Waals surface area contributed by atoms with E-state index in [1.165, 1.54) is 44.9 Å². The first-order valence-corrected chi connectivity index (χ1v) is 6.23. The molecule has 82 valence electrons. The number of nitrogens with zero attached hydrogens (tertiary/aromatic N) is 2. The van der Waals surface area contributed by atoms with Gasteiger partial charge in [0, 0.05) is 24.5 Å². The second kappa shape index (κ2) is 3.87. The monoisotopic (exact) mass is 205 g/mol. The molecule has 3 heteroatoms. The maximum Gasteiger partial charge on any atom is 0.203 e. The van der Waals surface area contributed by atoms with Crippen LogP contribution in [0.25, 0.3) is 0 Å². The number of nitrogens with one attached hydrogen (secondary N) is 1. The molecule has 3 rings (SSSR count). The predicted octanol–water partition coefficient (Wildman–Crippen LogP) is 2.96. The highest BCUT2D eigenvalue weighted by Gasteiger charge is 2.24. The summed E-state index contributed by atoms with van der Waals surface area (Å²) in [5.41, 5.74) is 0. The molecule has 0 aromatic carbocycles. The molecule has 0 unspecified atom stereocenters. The highest BCUT2D eigenvalue weighted by Crippen LogP contribution is 2.31. The summed E-state index contributed by atoms with van der Waals surface area (Å²) in [6, 6.07) is 1.40. The number of aromatic nitrogens is 2. The summed E-state index contributed by atoms with van der Waals surface area (Å²) in [6.45, 7) is 0. The van der Waals surface area contributed by atoms with Crippen LogP contribution >= 0.6 is 0 Å². The maximum absolute atomic E-state index is 4.42. The molecule has 0 atom stereocenters. The van der Waals surface area contributed by atoms with E-state index in [0.29, 0.717) is 12.1 Å². The van der Waals surface area contributed by atoms with Gasteiger partial charge in [0.1, 0.15) is 0 Å². The van der Waals surface area contributed by atoms with Crippen molar-refractivity contribution in [2.45, 2.75) is 57.0 Å². The standard InChI is InChI=1S/C12H19N3/c1-2-4-11(5-3-1)15-9-8-13-12(15)14-10-6-7-10/h8-11H,1-7H2,(H,13,14). The Morgan fingerprint density at radius 2 is 1.93 bits per heavy atom. The maximum atomic E-state index is 4.42. The van der Waals surface area contributed by atoms with Gasteiger partial charge in [-0.15, -0.1) is 0 Å². The minimum Gasteiger partial charge on any atom is -0.353 e. The van der Waals surface area contributed by atoms with Crippen molar-refractivity contribution in [3.05, 3.63) is 12.4 Å². The molecule has 1 heterocycles. The molecular weight excluding hydrogens is 186 g/mol. The fraction of sp³-hybridized carbons (Fsp3) is 0.750. The van der Waals surface area contributed by atoms with Crippen molar-refractivity contribution < 1.29 is 0 Å². The average Bonchev–Trinajstić information content (AvgIpc) is 2.96. The number of anilines is 1. The largest absolute Gasteiger partial charge is 0.353 e. The Kier molecular flexibility index (Phi) is 2.39. The van der Waals surface area contributed by atoms with Crippen LogP contribution in [0.15, 0.2) is 12.4 Å². The summed E-state index contributed by atoms with van der Waals surface area (Å²) in [4.78, 5) is 4.42. The third kappa shape index (κ3) is 2.01. The van der Waals surface area contributed by atoms with Crippen LogP contribution in [0.4, 0.5) is 5.95 Å². The minimum atomic E-state index is 0.697. The van der Waals surface area contributed by atoms with Gasteiger partial charge in [0.2, 0.25) is 5.95 Å². The molecule has 1 aromatic heterocycles. The van der Waals surface area contributed by atoms with Crippen LogP contribution in [-0.4, -0.2) is 15.6 Å². The molecule has 0 saturated heterocycles. The lowest BCUT2D eigenvalue weighted by molar-refractivity contribution is 0.356. The van der Waals surface area contributed by atoms with Crippen molar-refractivity contribution in [2.75, 3.05) is 5.32 Å². The molecule has 0 radical (unpaired) electrons. The van der Waals surface area contributed by atoms with E-state index in [1.807, 2.05) is 6.20 Å². The minimum absolute atomic E-state index is 0.697. The highest BCUT2D eigenvalue weighted by molar-refractivity contribution is 5.30. The molecule has 0 aliphatic heterocycles. The normalized spacial score (nSPS) is 22.9. The third-order valence-corrected chi connectivity index (χ3v) is 3.55. The zero-order chi connectivity index (χ0) is 10.1. The van der Waals surface area contributed by atoms with E-state index >= 15 is 0 Å². The Morgan fingerprint density at radius 3 is 2.67 bits per heavy atom. The van der Waals surface area contributed by atoms with Crippen LogP contribution in [-0.2, 0) is 0 Å². The molecule has 2 fully saturated rings. The number of hydrogen-bond donors (Lipinski definition) is 1. The first-order chi connectivity index (χ1) is 7.43. The van der Waals surface area contributed by atoms with E-state index in [0.717, 1.165) is 5.95 Å². The van der Waals surface area contributed by atoms with Gasteiger partial charge in [-0.3, -0.25) is 0 Å². The van der Waals surface area contributed by atoms with E-state index in [2.05, 4.69) is 21.1 Å². The summed E-state index contributed by atoms with van der Waals surface area (Å²) < 4.78 is 2.36. The van der Waals surface area contributed by atoms with E-state index in [9.17, 15) is 0 Å². The van der Waals surface area contributed by atoms with Gasteiger partial charge in [-0.1, -0.05) is 19.3 Å². The van der Waals surface area contributed by atoms with Gasteiger partial charge in [0.15, 0.2) is 0 Å². The summed E-state index contributed by atoms with van der Waals surface area (Å²) >= 11 is 0. The lowest BCUT2D eigenvalue weighted by atomic mass is 9.95. The molecule has 0 amide bonds. The molecule has 15 heavy (non-hydrogen) atoms. The van der Waals surface area contributed by atoms with Crippen molar-refractivity contribution in [3.8, 4) is 0 Å². The Hall–Kier alpha value is -0.990. The van der Waals surface area contributed by atoms with Crippen LogP contribution in [0.5, 0.6) is 0 Å². The van der Waals surface area contributed by atoms with Crippen LogP contribution in [0.1, 0.15) is 51.0 Å². The van der Waals surface area contributed by atoms with Crippen LogP contribution < -0.4 is 5.32 Å². The van der Waals surface area contributed by atoms with Crippen LogP contribution in [0.3, 0.4) is 0 Å². The van der Waals surface area contributed by atoms with Gasteiger partial charge in [-0.2, -0.15) is 0 Å². The quantitative estimate of drug-likeness (QED) is 0.822. The van der Waals surface area contributed by atoms with E-state index in [1.54, 1.807) is 0 Å². The lowest BCUT2D eigenvalue weighted by Gasteiger charge is -2.24. The molecular formula is C12H19N3. The van der Waals surface area contributed by atoms with Gasteiger partial charge in [0.05, 0.1) is 0 Å². The lowest BCUT2D eigenvalue weighted by Crippen LogP contribution is -2.16. The molecule has 0 spiro atoms. The Labute approximate surface area is 90.9 Å². The Bertz CT molecular complexity index is 321. The zero-order valence-corrected chi connectivity index (χ0v) is 9.15. The van der Waals surface area contributed by atoms with Crippen molar-refractivity contribution in [2.24, 2.45) is 0 Å². The Balaban J connectivity index is 1.73. The summed E-state index contributed by atoms with van der Waals surface area (Å²) in [5.74, 6) is 1.10. The molecule has 3 nitrogen and oxygen atoms in total. The first-order valence-electron chi connectivity index (χ1n) is 6.23. The zero-order valence-electron chi connectivity index (χ0n) is 9.15. The molecule has 2 aliphatic rings. The molecule has 1 N–H and O–H groups in total. The summed E-state index contributed by atoms with van der Waals surface area (Å²) in [6.07, 6.45) is 13.5. The smallest absolute Gasteiger partial charge is 0.203 e. The molecule has 2 aliphatic carbocycles. The van der Waals surface area contributed by atoms with Crippen LogP contribution in [0.2, 0.25) is 0 Å². The molecule has 0 bridgehead atoms. The molecule has 2 saturated carbocycles. The fourth-order valence-corrected chi connectivity index (χ4v) is 2.49. The Morgan fingerprint density at radius 1 is 1.13 bits per heavy atom. The van der Waals surface area contributed by atoms with Gasteiger partial charge in [-0.05, 0) is 25.7 Å². The van der Waals surface area contributed by atoms with E-state index in [-0.39, 0.29) is 0 Å². The summed E-state index contributed by atoms with van der Waals surface area (Å²) in [7, 11) is 0. The van der Waals surface area contributed by atoms with Gasteiger partial charge in [-0.25, -0.2) is 4.98 Å². The van der Waals surface area contributed by atoms with Gasteiger partial charge in [0.25, 0.3) is 0 Å². The van der Waals surface area contributed by atoms with Crippen molar-refractivity contribution >= 4 is 5.95 Å². The highest BCUT2D eigenvalue weighted by atomic mass is 15.2. The third-order valence-electron chi connectivity index (χ3n) is 3.55. The van der Waals surface area contributed by atoms with Gasteiger partial charge >= 0.3 is 0 Å². The molecule has 1 aromatic rings. The van der Waals surface area contributed by atoms with Crippen molar-refractivity contribution in [1.82, 2.24) is 9.55 Å². The number of hydrogen-bond acceptors (Lipinski definition) is 2. The van der Waals surface area contributed by atoms with Gasteiger partial charge < -0.3 is 9.88 Å². The predicted molar refractivity (Wildman–Crippen MR) is 61.0 cm³/mol. The summed E-state index contributed by atoms with van der Waals surface area (Å²) in [5, 5.41) is 3.51. The van der Waals surface area contributed by atoms with Crippen molar-refractivity contribution in [1.29, 1.82) is 0 Å². The fourth-order valence-electron chi connectivity index (χ4n) is 2.49. The second-order valence-corrected chi connectivity index (χ2v) is 4.87. The average molecular weight is 205 g/mol. The van der Waals surface area contributed by atoms with E-state index < -0.39 is 0 Å². The van der Waals surface area contributed by atoms with Crippen molar-refractivity contribution in [3.63, 3.8) is 0 Å². The number of rotatable bonds is 3. The SMILES string of the molecule is c1cn(C2CCCCC2)c(NC2CC2)n1. The number of imidazole rings is 1. The van der Waals surface area contributed by atoms with E-state index in [4.69, 9.17) is 0 Å². The topological polar surface area (TPSA) is 29.9 Å².